The van der Waals surface area contributed by atoms with Gasteiger partial charge in [-0.25, -0.2) is 9.97 Å². The van der Waals surface area contributed by atoms with Gasteiger partial charge in [0.15, 0.2) is 5.78 Å². The molecule has 0 fully saturated rings. The molecule has 130 valence electrons. The zero-order valence-corrected chi connectivity index (χ0v) is 14.5. The van der Waals surface area contributed by atoms with Crippen LogP contribution in [0.5, 0.6) is 0 Å². The molecule has 2 aromatic carbocycles. The number of hydrogen-bond donors (Lipinski definition) is 1. The fourth-order valence-corrected chi connectivity index (χ4v) is 2.65. The molecule has 0 aliphatic rings. The lowest BCUT2D eigenvalue weighted by Gasteiger charge is -2.04. The number of primary amides is 1. The molecule has 0 spiro atoms. The Hall–Kier alpha value is -3.34. The first-order chi connectivity index (χ1) is 12.5. The zero-order chi connectivity index (χ0) is 18.5. The van der Waals surface area contributed by atoms with Gasteiger partial charge in [0.05, 0.1) is 5.56 Å². The SMILES string of the molecule is Cc1cccc(C(=O)c2cnc(CCc3ccc(C(N)=O)cc3)nc2)c1. The van der Waals surface area contributed by atoms with Gasteiger partial charge in [-0.2, -0.15) is 0 Å². The summed E-state index contributed by atoms with van der Waals surface area (Å²) in [5.74, 6) is 0.154. The molecule has 2 N–H and O–H groups in total. The molecule has 0 aliphatic carbocycles. The maximum Gasteiger partial charge on any atom is 0.248 e. The average molecular weight is 345 g/mol. The van der Waals surface area contributed by atoms with Crippen molar-refractivity contribution in [2.45, 2.75) is 19.8 Å². The van der Waals surface area contributed by atoms with E-state index >= 15 is 0 Å². The first kappa shape index (κ1) is 17.5. The topological polar surface area (TPSA) is 85.9 Å². The van der Waals surface area contributed by atoms with Crippen molar-refractivity contribution in [3.8, 4) is 0 Å². The van der Waals surface area contributed by atoms with E-state index in [1.54, 1.807) is 30.6 Å². The minimum Gasteiger partial charge on any atom is -0.366 e. The van der Waals surface area contributed by atoms with Crippen LogP contribution in [0.3, 0.4) is 0 Å². The van der Waals surface area contributed by atoms with Gasteiger partial charge in [0.2, 0.25) is 5.91 Å². The number of carbonyl (C=O) groups is 2. The van der Waals surface area contributed by atoms with Crippen molar-refractivity contribution in [2.75, 3.05) is 0 Å². The number of nitrogens with two attached hydrogens (primary N) is 1. The Bertz CT molecular complexity index is 932. The molecule has 1 aromatic heterocycles. The summed E-state index contributed by atoms with van der Waals surface area (Å²) in [6.45, 7) is 1.95. The fraction of sp³-hybridized carbons (Fsp3) is 0.143. The summed E-state index contributed by atoms with van der Waals surface area (Å²) in [7, 11) is 0. The summed E-state index contributed by atoms with van der Waals surface area (Å²) in [6.07, 6.45) is 4.53. The van der Waals surface area contributed by atoms with Crippen LogP contribution in [0.2, 0.25) is 0 Å². The van der Waals surface area contributed by atoms with Crippen LogP contribution in [0.4, 0.5) is 0 Å². The van der Waals surface area contributed by atoms with E-state index in [4.69, 9.17) is 5.73 Å². The highest BCUT2D eigenvalue weighted by Gasteiger charge is 2.10. The molecule has 3 aromatic rings. The quantitative estimate of drug-likeness (QED) is 0.696. The normalized spacial score (nSPS) is 10.5. The second-order valence-electron chi connectivity index (χ2n) is 6.15. The van der Waals surface area contributed by atoms with Gasteiger partial charge in [0.25, 0.3) is 0 Å². The van der Waals surface area contributed by atoms with Crippen LogP contribution < -0.4 is 5.73 Å². The standard InChI is InChI=1S/C21H19N3O2/c1-14-3-2-4-17(11-14)20(25)18-12-23-19(24-13-18)10-7-15-5-8-16(9-6-15)21(22)26/h2-6,8-9,11-13H,7,10H2,1H3,(H2,22,26). The van der Waals surface area contributed by atoms with Gasteiger partial charge < -0.3 is 5.73 Å². The average Bonchev–Trinajstić information content (AvgIpc) is 2.66. The summed E-state index contributed by atoms with van der Waals surface area (Å²) >= 11 is 0. The minimum atomic E-state index is -0.436. The molecule has 0 atom stereocenters. The lowest BCUT2D eigenvalue weighted by atomic mass is 10.0. The van der Waals surface area contributed by atoms with E-state index in [1.807, 2.05) is 37.3 Å². The molecule has 0 saturated heterocycles. The van der Waals surface area contributed by atoms with Gasteiger partial charge in [0.1, 0.15) is 5.82 Å². The van der Waals surface area contributed by atoms with Crippen molar-refractivity contribution in [1.82, 2.24) is 9.97 Å². The van der Waals surface area contributed by atoms with Crippen LogP contribution >= 0.6 is 0 Å². The number of rotatable bonds is 6. The number of nitrogens with zero attached hydrogens (tertiary/aromatic N) is 2. The summed E-state index contributed by atoms with van der Waals surface area (Å²) < 4.78 is 0. The van der Waals surface area contributed by atoms with Crippen LogP contribution in [0, 0.1) is 6.92 Å². The summed E-state index contributed by atoms with van der Waals surface area (Å²) in [5, 5.41) is 0. The van der Waals surface area contributed by atoms with Gasteiger partial charge in [-0.3, -0.25) is 9.59 Å². The first-order valence-corrected chi connectivity index (χ1v) is 8.34. The molecular weight excluding hydrogens is 326 g/mol. The summed E-state index contributed by atoms with van der Waals surface area (Å²) in [5.41, 5.74) is 8.94. The van der Waals surface area contributed by atoms with Crippen molar-refractivity contribution in [3.05, 3.63) is 94.6 Å². The van der Waals surface area contributed by atoms with Crippen molar-refractivity contribution >= 4 is 11.7 Å². The molecule has 0 unspecified atom stereocenters. The second-order valence-corrected chi connectivity index (χ2v) is 6.15. The van der Waals surface area contributed by atoms with Crippen molar-refractivity contribution < 1.29 is 9.59 Å². The third-order valence-electron chi connectivity index (χ3n) is 4.12. The third kappa shape index (κ3) is 4.19. The van der Waals surface area contributed by atoms with E-state index in [0.29, 0.717) is 28.9 Å². The Morgan fingerprint density at radius 3 is 2.19 bits per heavy atom. The predicted molar refractivity (Wildman–Crippen MR) is 99.0 cm³/mol. The third-order valence-corrected chi connectivity index (χ3v) is 4.12. The van der Waals surface area contributed by atoms with Crippen LogP contribution in [0.25, 0.3) is 0 Å². The highest BCUT2D eigenvalue weighted by atomic mass is 16.1. The van der Waals surface area contributed by atoms with Gasteiger partial charge in [-0.15, -0.1) is 0 Å². The smallest absolute Gasteiger partial charge is 0.248 e. The monoisotopic (exact) mass is 345 g/mol. The Balaban J connectivity index is 1.64. The first-order valence-electron chi connectivity index (χ1n) is 8.34. The zero-order valence-electron chi connectivity index (χ0n) is 14.5. The molecule has 26 heavy (non-hydrogen) atoms. The van der Waals surface area contributed by atoms with Crippen LogP contribution in [-0.2, 0) is 12.8 Å². The maximum atomic E-state index is 12.5. The highest BCUT2D eigenvalue weighted by molar-refractivity contribution is 6.08. The molecule has 0 bridgehead atoms. The molecule has 1 amide bonds. The fourth-order valence-electron chi connectivity index (χ4n) is 2.65. The number of amides is 1. The van der Waals surface area contributed by atoms with E-state index in [-0.39, 0.29) is 5.78 Å². The van der Waals surface area contributed by atoms with Crippen molar-refractivity contribution in [3.63, 3.8) is 0 Å². The molecule has 0 radical (unpaired) electrons. The molecule has 1 heterocycles. The summed E-state index contributed by atoms with van der Waals surface area (Å²) in [6, 6.07) is 14.6. The van der Waals surface area contributed by atoms with E-state index in [2.05, 4.69) is 9.97 Å². The number of ketones is 1. The maximum absolute atomic E-state index is 12.5. The number of benzene rings is 2. The van der Waals surface area contributed by atoms with E-state index < -0.39 is 5.91 Å². The Labute approximate surface area is 151 Å². The van der Waals surface area contributed by atoms with Crippen molar-refractivity contribution in [2.24, 2.45) is 5.73 Å². The Kier molecular flexibility index (Phi) is 5.17. The van der Waals surface area contributed by atoms with Crippen LogP contribution in [-0.4, -0.2) is 21.7 Å². The van der Waals surface area contributed by atoms with Gasteiger partial charge >= 0.3 is 0 Å². The Morgan fingerprint density at radius 2 is 1.58 bits per heavy atom. The predicted octanol–water partition coefficient (Wildman–Crippen LogP) is 2.90. The lowest BCUT2D eigenvalue weighted by Crippen LogP contribution is -2.10. The van der Waals surface area contributed by atoms with Crippen LogP contribution in [0.1, 0.15) is 43.2 Å². The molecule has 5 heteroatoms. The molecule has 5 nitrogen and oxygen atoms in total. The highest BCUT2D eigenvalue weighted by Crippen LogP contribution is 2.11. The van der Waals surface area contributed by atoms with E-state index in [1.165, 1.54) is 0 Å². The molecule has 0 aliphatic heterocycles. The van der Waals surface area contributed by atoms with Gasteiger partial charge in [0, 0.05) is 29.9 Å². The van der Waals surface area contributed by atoms with Crippen LogP contribution in [0.15, 0.2) is 60.9 Å². The number of aromatic nitrogens is 2. The number of aryl methyl sites for hydroxylation is 3. The number of hydrogen-bond acceptors (Lipinski definition) is 4. The largest absolute Gasteiger partial charge is 0.366 e. The van der Waals surface area contributed by atoms with E-state index in [0.717, 1.165) is 17.5 Å². The second kappa shape index (κ2) is 7.70. The molecule has 3 rings (SSSR count). The summed E-state index contributed by atoms with van der Waals surface area (Å²) in [4.78, 5) is 32.1. The number of carbonyl (C=O) groups excluding carboxylic acids is 2. The molecule has 0 saturated carbocycles. The van der Waals surface area contributed by atoms with Gasteiger partial charge in [-0.05, 0) is 37.1 Å². The lowest BCUT2D eigenvalue weighted by molar-refractivity contribution is 0.0998. The Morgan fingerprint density at radius 1 is 0.885 bits per heavy atom. The molecular formula is C21H19N3O2. The van der Waals surface area contributed by atoms with Gasteiger partial charge in [-0.1, -0.05) is 35.9 Å². The minimum absolute atomic E-state index is 0.0812. The van der Waals surface area contributed by atoms with Crippen molar-refractivity contribution in [1.29, 1.82) is 0 Å². The van der Waals surface area contributed by atoms with E-state index in [9.17, 15) is 9.59 Å².